The van der Waals surface area contributed by atoms with Crippen LogP contribution in [0.3, 0.4) is 0 Å². The van der Waals surface area contributed by atoms with Gasteiger partial charge < -0.3 is 0 Å². The minimum absolute atomic E-state index is 0.275. The molecule has 1 fully saturated rings. The molecule has 84 valence electrons. The predicted octanol–water partition coefficient (Wildman–Crippen LogP) is 2.86. The van der Waals surface area contributed by atoms with Crippen molar-refractivity contribution < 1.29 is 0 Å². The predicted molar refractivity (Wildman–Crippen MR) is 75.7 cm³/mol. The molecule has 0 radical (unpaired) electrons. The van der Waals surface area contributed by atoms with Crippen molar-refractivity contribution in [3.63, 3.8) is 0 Å². The number of thiophene rings is 1. The van der Waals surface area contributed by atoms with Gasteiger partial charge in [-0.2, -0.15) is 23.5 Å². The molecule has 2 unspecified atom stereocenters. The minimum atomic E-state index is 0.275. The van der Waals surface area contributed by atoms with Crippen molar-refractivity contribution in [2.75, 3.05) is 17.3 Å². The van der Waals surface area contributed by atoms with Gasteiger partial charge in [0.15, 0.2) is 0 Å². The zero-order valence-corrected chi connectivity index (χ0v) is 12.1. The summed E-state index contributed by atoms with van der Waals surface area (Å²) in [7, 11) is 0. The zero-order valence-electron chi connectivity index (χ0n) is 8.11. The largest absolute Gasteiger partial charge is 0.271 e. The molecule has 0 bridgehead atoms. The zero-order chi connectivity index (χ0) is 10.7. The van der Waals surface area contributed by atoms with E-state index in [0.717, 1.165) is 0 Å². The molecule has 6 heteroatoms. The highest BCUT2D eigenvalue weighted by molar-refractivity contribution is 9.10. The van der Waals surface area contributed by atoms with Gasteiger partial charge in [-0.15, -0.1) is 11.3 Å². The molecule has 0 saturated carbocycles. The van der Waals surface area contributed by atoms with E-state index in [1.807, 2.05) is 23.5 Å². The fourth-order valence-corrected chi connectivity index (χ4v) is 6.24. The number of nitrogens with one attached hydrogen (secondary N) is 1. The summed E-state index contributed by atoms with van der Waals surface area (Å²) in [6.45, 7) is 0. The van der Waals surface area contributed by atoms with Gasteiger partial charge in [0.25, 0.3) is 0 Å². The highest BCUT2D eigenvalue weighted by atomic mass is 79.9. The van der Waals surface area contributed by atoms with Gasteiger partial charge in [0.2, 0.25) is 0 Å². The Balaban J connectivity index is 2.12. The Morgan fingerprint density at radius 3 is 2.93 bits per heavy atom. The van der Waals surface area contributed by atoms with Gasteiger partial charge in [-0.3, -0.25) is 11.3 Å². The fraction of sp³-hybridized carbons (Fsp3) is 0.556. The van der Waals surface area contributed by atoms with Crippen LogP contribution in [0.25, 0.3) is 0 Å². The normalized spacial score (nSPS) is 24.0. The number of thioether (sulfide) groups is 2. The second-order valence-electron chi connectivity index (χ2n) is 3.26. The number of hydrogen-bond acceptors (Lipinski definition) is 5. The molecule has 0 spiro atoms. The molecule has 1 aromatic rings. The third-order valence-electron chi connectivity index (χ3n) is 2.32. The molecule has 15 heavy (non-hydrogen) atoms. The summed E-state index contributed by atoms with van der Waals surface area (Å²) in [5.41, 5.74) is 2.96. The van der Waals surface area contributed by atoms with E-state index in [1.54, 1.807) is 11.3 Å². The molecular weight excluding hydrogens is 312 g/mol. The van der Waals surface area contributed by atoms with E-state index in [1.165, 1.54) is 26.6 Å². The summed E-state index contributed by atoms with van der Waals surface area (Å²) < 4.78 is 1.17. The third kappa shape index (κ3) is 2.92. The number of halogens is 1. The summed E-state index contributed by atoms with van der Waals surface area (Å²) in [4.78, 5) is 1.32. The topological polar surface area (TPSA) is 38.0 Å². The van der Waals surface area contributed by atoms with E-state index in [-0.39, 0.29) is 6.04 Å². The van der Waals surface area contributed by atoms with Crippen LogP contribution in [-0.4, -0.2) is 22.5 Å². The standard InChI is InChI=1S/C9H13BrN2S3/c10-6-1-2-15-9(6)8(12-11)7-5-13-3-4-14-7/h1-2,7-8,12H,3-5,11H2. The van der Waals surface area contributed by atoms with Gasteiger partial charge >= 0.3 is 0 Å². The van der Waals surface area contributed by atoms with E-state index < -0.39 is 0 Å². The van der Waals surface area contributed by atoms with Crippen LogP contribution in [0.2, 0.25) is 0 Å². The maximum atomic E-state index is 5.68. The lowest BCUT2D eigenvalue weighted by Crippen LogP contribution is -2.37. The fourth-order valence-electron chi connectivity index (χ4n) is 1.58. The van der Waals surface area contributed by atoms with Gasteiger partial charge in [0, 0.05) is 31.9 Å². The average molecular weight is 325 g/mol. The van der Waals surface area contributed by atoms with Crippen molar-refractivity contribution in [1.29, 1.82) is 0 Å². The first-order chi connectivity index (χ1) is 7.33. The summed E-state index contributed by atoms with van der Waals surface area (Å²) in [6.07, 6.45) is 0. The Hall–Kier alpha value is 0.800. The Labute approximate surface area is 111 Å². The number of hydrogen-bond donors (Lipinski definition) is 2. The van der Waals surface area contributed by atoms with E-state index in [0.29, 0.717) is 5.25 Å². The SMILES string of the molecule is NNC(c1sccc1Br)C1CSCCS1. The second-order valence-corrected chi connectivity index (χ2v) is 7.56. The van der Waals surface area contributed by atoms with Crippen molar-refractivity contribution in [3.8, 4) is 0 Å². The first-order valence-electron chi connectivity index (χ1n) is 4.71. The first-order valence-corrected chi connectivity index (χ1v) is 8.59. The molecular formula is C9H13BrN2S3. The lowest BCUT2D eigenvalue weighted by Gasteiger charge is -2.28. The molecule has 1 saturated heterocycles. The highest BCUT2D eigenvalue weighted by Crippen LogP contribution is 2.38. The van der Waals surface area contributed by atoms with Crippen LogP contribution in [-0.2, 0) is 0 Å². The lowest BCUT2D eigenvalue weighted by molar-refractivity contribution is 0.560. The third-order valence-corrected chi connectivity index (χ3v) is 7.14. The van der Waals surface area contributed by atoms with E-state index in [9.17, 15) is 0 Å². The maximum absolute atomic E-state index is 5.68. The van der Waals surface area contributed by atoms with E-state index >= 15 is 0 Å². The number of nitrogens with two attached hydrogens (primary N) is 1. The van der Waals surface area contributed by atoms with Crippen LogP contribution < -0.4 is 11.3 Å². The van der Waals surface area contributed by atoms with Gasteiger partial charge in [0.1, 0.15) is 0 Å². The summed E-state index contributed by atoms with van der Waals surface area (Å²) in [5, 5.41) is 2.69. The van der Waals surface area contributed by atoms with Gasteiger partial charge in [-0.1, -0.05) is 0 Å². The molecule has 0 aromatic carbocycles. The van der Waals surface area contributed by atoms with Crippen molar-refractivity contribution >= 4 is 50.8 Å². The summed E-state index contributed by atoms with van der Waals surface area (Å²) in [6, 6.07) is 2.36. The van der Waals surface area contributed by atoms with Gasteiger partial charge in [-0.25, -0.2) is 0 Å². The molecule has 2 nitrogen and oxygen atoms in total. The smallest absolute Gasteiger partial charge is 0.0691 e. The Kier molecular flexibility index (Phi) is 4.85. The summed E-state index contributed by atoms with van der Waals surface area (Å²) >= 11 is 9.39. The van der Waals surface area contributed by atoms with Gasteiger partial charge in [0.05, 0.1) is 6.04 Å². The molecule has 1 aliphatic rings. The van der Waals surface area contributed by atoms with Crippen LogP contribution in [0.15, 0.2) is 15.9 Å². The molecule has 0 aliphatic carbocycles. The van der Waals surface area contributed by atoms with Crippen LogP contribution in [0.4, 0.5) is 0 Å². The van der Waals surface area contributed by atoms with Crippen LogP contribution >= 0.6 is 50.8 Å². The van der Waals surface area contributed by atoms with Crippen molar-refractivity contribution in [1.82, 2.24) is 5.43 Å². The Morgan fingerprint density at radius 1 is 1.53 bits per heavy atom. The Bertz CT molecular complexity index is 312. The highest BCUT2D eigenvalue weighted by Gasteiger charge is 2.27. The van der Waals surface area contributed by atoms with E-state index in [2.05, 4.69) is 32.8 Å². The molecule has 2 atom stereocenters. The maximum Gasteiger partial charge on any atom is 0.0691 e. The van der Waals surface area contributed by atoms with Crippen molar-refractivity contribution in [3.05, 3.63) is 20.8 Å². The van der Waals surface area contributed by atoms with Crippen LogP contribution in [0.5, 0.6) is 0 Å². The van der Waals surface area contributed by atoms with Crippen LogP contribution in [0.1, 0.15) is 10.9 Å². The van der Waals surface area contributed by atoms with Gasteiger partial charge in [-0.05, 0) is 27.4 Å². The van der Waals surface area contributed by atoms with E-state index in [4.69, 9.17) is 5.84 Å². The van der Waals surface area contributed by atoms with Crippen LogP contribution in [0, 0.1) is 0 Å². The number of hydrazine groups is 1. The quantitative estimate of drug-likeness (QED) is 0.662. The first kappa shape index (κ1) is 12.3. The molecule has 0 amide bonds. The lowest BCUT2D eigenvalue weighted by atomic mass is 10.2. The second kappa shape index (κ2) is 5.93. The summed E-state index contributed by atoms with van der Waals surface area (Å²) in [5.74, 6) is 9.36. The molecule has 2 rings (SSSR count). The molecule has 3 N–H and O–H groups in total. The monoisotopic (exact) mass is 324 g/mol. The molecule has 2 heterocycles. The number of rotatable bonds is 3. The van der Waals surface area contributed by atoms with Crippen molar-refractivity contribution in [2.45, 2.75) is 11.3 Å². The Morgan fingerprint density at radius 2 is 2.40 bits per heavy atom. The molecule has 1 aliphatic heterocycles. The molecule has 1 aromatic heterocycles. The average Bonchev–Trinajstić information content (AvgIpc) is 2.68. The minimum Gasteiger partial charge on any atom is -0.271 e. The van der Waals surface area contributed by atoms with Crippen molar-refractivity contribution in [2.24, 2.45) is 5.84 Å².